The summed E-state index contributed by atoms with van der Waals surface area (Å²) < 4.78 is 15.6. The Hall–Kier alpha value is -1.97. The van der Waals surface area contributed by atoms with E-state index in [1.165, 1.54) is 7.11 Å². The quantitative estimate of drug-likeness (QED) is 0.723. The first kappa shape index (κ1) is 9.58. The van der Waals surface area contributed by atoms with Crippen LogP contribution in [-0.4, -0.2) is 20.5 Å². The molecular weight excluding hydrogens is 196 g/mol. The Kier molecular flexibility index (Phi) is 2.33. The van der Waals surface area contributed by atoms with Crippen LogP contribution in [0.4, 0.5) is 0 Å². The molecule has 0 amide bonds. The predicted octanol–water partition coefficient (Wildman–Crippen LogP) is 2.26. The maximum Gasteiger partial charge on any atom is 0.204 e. The molecule has 0 spiro atoms. The van der Waals surface area contributed by atoms with Crippen LogP contribution < -0.4 is 9.47 Å². The van der Waals surface area contributed by atoms with Gasteiger partial charge in [0.2, 0.25) is 5.75 Å². The van der Waals surface area contributed by atoms with Crippen LogP contribution in [0.3, 0.4) is 0 Å². The predicted molar refractivity (Wildman–Crippen MR) is 54.7 cm³/mol. The molecule has 0 saturated carbocycles. The molecule has 0 unspecified atom stereocenters. The molecule has 0 aliphatic heterocycles. The Bertz CT molecular complexity index is 499. The molecule has 0 radical (unpaired) electrons. The van der Waals surface area contributed by atoms with Crippen molar-refractivity contribution in [1.82, 2.24) is 0 Å². The van der Waals surface area contributed by atoms with Crippen molar-refractivity contribution in [3.8, 4) is 11.5 Å². The van der Waals surface area contributed by atoms with E-state index in [1.54, 1.807) is 19.2 Å². The van der Waals surface area contributed by atoms with Crippen molar-refractivity contribution in [2.75, 3.05) is 14.2 Å². The van der Waals surface area contributed by atoms with Crippen molar-refractivity contribution >= 4 is 17.3 Å². The number of fused-ring (bicyclic) bond motifs is 1. The first-order valence-corrected chi connectivity index (χ1v) is 4.40. The average Bonchev–Trinajstić information content (AvgIpc) is 2.70. The van der Waals surface area contributed by atoms with E-state index in [2.05, 4.69) is 0 Å². The monoisotopic (exact) mass is 206 g/mol. The lowest BCUT2D eigenvalue weighted by molar-refractivity contribution is 0.110. The van der Waals surface area contributed by atoms with E-state index >= 15 is 0 Å². The summed E-state index contributed by atoms with van der Waals surface area (Å²) in [5, 5.41) is 0.815. The number of aldehydes is 1. The number of carbonyl (C=O) groups excluding carboxylic acids is 1. The number of hydrogen-bond acceptors (Lipinski definition) is 4. The van der Waals surface area contributed by atoms with Crippen LogP contribution in [-0.2, 0) is 0 Å². The zero-order valence-corrected chi connectivity index (χ0v) is 8.44. The third-order valence-electron chi connectivity index (χ3n) is 2.16. The summed E-state index contributed by atoms with van der Waals surface area (Å²) in [6.45, 7) is 0. The number of methoxy groups -OCH3 is 2. The molecular formula is C11H10O4. The second kappa shape index (κ2) is 3.65. The zero-order chi connectivity index (χ0) is 10.8. The zero-order valence-electron chi connectivity index (χ0n) is 8.44. The van der Waals surface area contributed by atoms with E-state index in [-0.39, 0.29) is 5.76 Å². The van der Waals surface area contributed by atoms with Gasteiger partial charge in [0.25, 0.3) is 0 Å². The van der Waals surface area contributed by atoms with Crippen LogP contribution in [0.5, 0.6) is 11.5 Å². The number of ether oxygens (including phenoxy) is 2. The van der Waals surface area contributed by atoms with Gasteiger partial charge in [0.1, 0.15) is 0 Å². The smallest absolute Gasteiger partial charge is 0.204 e. The number of hydrogen-bond donors (Lipinski definition) is 0. The number of carbonyl (C=O) groups is 1. The Morgan fingerprint density at radius 3 is 2.67 bits per heavy atom. The van der Waals surface area contributed by atoms with E-state index in [0.717, 1.165) is 5.39 Å². The van der Waals surface area contributed by atoms with E-state index < -0.39 is 0 Å². The Morgan fingerprint density at radius 2 is 2.07 bits per heavy atom. The number of furan rings is 1. The Labute approximate surface area is 86.4 Å². The molecule has 1 aromatic heterocycles. The maximum absolute atomic E-state index is 10.6. The highest BCUT2D eigenvalue weighted by Gasteiger charge is 2.13. The van der Waals surface area contributed by atoms with Gasteiger partial charge in [-0.1, -0.05) is 0 Å². The first-order valence-electron chi connectivity index (χ1n) is 4.40. The summed E-state index contributed by atoms with van der Waals surface area (Å²) in [5.74, 6) is 1.36. The van der Waals surface area contributed by atoms with Gasteiger partial charge in [0.15, 0.2) is 23.4 Å². The lowest BCUT2D eigenvalue weighted by atomic mass is 10.2. The van der Waals surface area contributed by atoms with Crippen molar-refractivity contribution in [3.05, 3.63) is 24.0 Å². The fourth-order valence-electron chi connectivity index (χ4n) is 1.49. The van der Waals surface area contributed by atoms with Crippen LogP contribution in [0.1, 0.15) is 10.6 Å². The highest BCUT2D eigenvalue weighted by molar-refractivity contribution is 5.90. The SMILES string of the molecule is COc1ccc2cc(C=O)oc2c1OC. The molecule has 0 N–H and O–H groups in total. The van der Waals surface area contributed by atoms with Crippen LogP contribution in [0, 0.1) is 0 Å². The van der Waals surface area contributed by atoms with Gasteiger partial charge in [-0.2, -0.15) is 0 Å². The molecule has 0 saturated heterocycles. The minimum Gasteiger partial charge on any atom is -0.493 e. The molecule has 1 heterocycles. The Morgan fingerprint density at radius 1 is 1.27 bits per heavy atom. The molecule has 0 fully saturated rings. The van der Waals surface area contributed by atoms with E-state index in [1.807, 2.05) is 6.07 Å². The van der Waals surface area contributed by atoms with Crippen LogP contribution in [0.15, 0.2) is 22.6 Å². The highest BCUT2D eigenvalue weighted by atomic mass is 16.5. The average molecular weight is 206 g/mol. The van der Waals surface area contributed by atoms with Gasteiger partial charge in [0, 0.05) is 5.39 Å². The van der Waals surface area contributed by atoms with Gasteiger partial charge in [-0.25, -0.2) is 0 Å². The van der Waals surface area contributed by atoms with Gasteiger partial charge in [0.05, 0.1) is 14.2 Å². The summed E-state index contributed by atoms with van der Waals surface area (Å²) in [4.78, 5) is 10.6. The topological polar surface area (TPSA) is 48.7 Å². The molecule has 0 atom stereocenters. The summed E-state index contributed by atoms with van der Waals surface area (Å²) in [7, 11) is 3.08. The van der Waals surface area contributed by atoms with Crippen molar-refractivity contribution in [2.45, 2.75) is 0 Å². The largest absolute Gasteiger partial charge is 0.493 e. The molecule has 4 nitrogen and oxygen atoms in total. The summed E-state index contributed by atoms with van der Waals surface area (Å²) >= 11 is 0. The van der Waals surface area contributed by atoms with Gasteiger partial charge in [-0.15, -0.1) is 0 Å². The van der Waals surface area contributed by atoms with Crippen LogP contribution >= 0.6 is 0 Å². The normalized spacial score (nSPS) is 10.3. The lowest BCUT2D eigenvalue weighted by Gasteiger charge is -2.06. The fourth-order valence-corrected chi connectivity index (χ4v) is 1.49. The standard InChI is InChI=1S/C11H10O4/c1-13-9-4-3-7-5-8(6-12)15-10(7)11(9)14-2/h3-6H,1-2H3. The van der Waals surface area contributed by atoms with Gasteiger partial charge in [-0.05, 0) is 18.2 Å². The number of benzene rings is 1. The van der Waals surface area contributed by atoms with E-state index in [9.17, 15) is 4.79 Å². The van der Waals surface area contributed by atoms with Crippen molar-refractivity contribution in [3.63, 3.8) is 0 Å². The lowest BCUT2D eigenvalue weighted by Crippen LogP contribution is -1.89. The summed E-state index contributed by atoms with van der Waals surface area (Å²) in [6.07, 6.45) is 0.659. The number of rotatable bonds is 3. The molecule has 1 aromatic carbocycles. The van der Waals surface area contributed by atoms with Crippen molar-refractivity contribution in [2.24, 2.45) is 0 Å². The third kappa shape index (κ3) is 1.44. The molecule has 15 heavy (non-hydrogen) atoms. The molecule has 0 bridgehead atoms. The van der Waals surface area contributed by atoms with Crippen LogP contribution in [0.2, 0.25) is 0 Å². The van der Waals surface area contributed by atoms with Crippen LogP contribution in [0.25, 0.3) is 11.0 Å². The van der Waals surface area contributed by atoms with E-state index in [0.29, 0.717) is 23.4 Å². The highest BCUT2D eigenvalue weighted by Crippen LogP contribution is 2.36. The maximum atomic E-state index is 10.6. The second-order valence-electron chi connectivity index (χ2n) is 2.99. The molecule has 4 heteroatoms. The first-order chi connectivity index (χ1) is 7.30. The summed E-state index contributed by atoms with van der Waals surface area (Å²) in [6, 6.07) is 5.24. The van der Waals surface area contributed by atoms with Crippen molar-refractivity contribution < 1.29 is 18.7 Å². The van der Waals surface area contributed by atoms with Gasteiger partial charge in [-0.3, -0.25) is 4.79 Å². The molecule has 78 valence electrons. The molecule has 2 aromatic rings. The van der Waals surface area contributed by atoms with E-state index in [4.69, 9.17) is 13.9 Å². The molecule has 2 rings (SSSR count). The molecule has 0 aliphatic carbocycles. The molecule has 0 aliphatic rings. The second-order valence-corrected chi connectivity index (χ2v) is 2.99. The summed E-state index contributed by atoms with van der Waals surface area (Å²) in [5.41, 5.74) is 0.527. The Balaban J connectivity index is 2.74. The van der Waals surface area contributed by atoms with Gasteiger partial charge >= 0.3 is 0 Å². The van der Waals surface area contributed by atoms with Gasteiger partial charge < -0.3 is 13.9 Å². The minimum atomic E-state index is 0.275. The minimum absolute atomic E-state index is 0.275. The van der Waals surface area contributed by atoms with Crippen molar-refractivity contribution in [1.29, 1.82) is 0 Å². The fraction of sp³-hybridized carbons (Fsp3) is 0.182. The third-order valence-corrected chi connectivity index (χ3v) is 2.16.